The van der Waals surface area contributed by atoms with Gasteiger partial charge in [0, 0.05) is 6.54 Å². The van der Waals surface area contributed by atoms with Crippen molar-refractivity contribution in [1.82, 2.24) is 9.78 Å². The number of anilines is 1. The molecule has 2 rings (SSSR count). The zero-order chi connectivity index (χ0) is 19.3. The zero-order valence-electron chi connectivity index (χ0n) is 16.8. The van der Waals surface area contributed by atoms with Crippen LogP contribution in [0.1, 0.15) is 57.1 Å². The minimum absolute atomic E-state index is 0.202. The molecule has 5 nitrogen and oxygen atoms in total. The third kappa shape index (κ3) is 4.45. The summed E-state index contributed by atoms with van der Waals surface area (Å²) < 4.78 is 7.17. The summed E-state index contributed by atoms with van der Waals surface area (Å²) in [7, 11) is 0. The lowest BCUT2D eigenvalue weighted by Crippen LogP contribution is -2.28. The van der Waals surface area contributed by atoms with E-state index in [9.17, 15) is 4.79 Å². The Morgan fingerprint density at radius 2 is 2.15 bits per heavy atom. The number of aryl methyl sites for hydroxylation is 1. The summed E-state index contributed by atoms with van der Waals surface area (Å²) in [6, 6.07) is 0. The summed E-state index contributed by atoms with van der Waals surface area (Å²) in [5.74, 6) is 0.799. The average Bonchev–Trinajstić information content (AvgIpc) is 2.87. The maximum Gasteiger partial charge on any atom is 0.343 e. The third-order valence-corrected chi connectivity index (χ3v) is 4.72. The van der Waals surface area contributed by atoms with E-state index in [1.54, 1.807) is 0 Å². The molecule has 0 amide bonds. The number of hydrogen-bond donors (Lipinski definition) is 1. The number of esters is 1. The lowest BCUT2D eigenvalue weighted by molar-refractivity contribution is 0.0526. The van der Waals surface area contributed by atoms with Crippen LogP contribution in [0.15, 0.2) is 36.0 Å². The topological polar surface area (TPSA) is 56.1 Å². The van der Waals surface area contributed by atoms with Crippen molar-refractivity contribution < 1.29 is 9.53 Å². The normalized spacial score (nSPS) is 20.1. The van der Waals surface area contributed by atoms with Crippen molar-refractivity contribution in [2.45, 2.75) is 53.5 Å². The number of nitrogens with one attached hydrogen (secondary N) is 1. The maximum absolute atomic E-state index is 12.4. The highest BCUT2D eigenvalue weighted by Crippen LogP contribution is 2.35. The predicted molar refractivity (Wildman–Crippen MR) is 107 cm³/mol. The lowest BCUT2D eigenvalue weighted by atomic mass is 9.91. The van der Waals surface area contributed by atoms with E-state index in [1.807, 2.05) is 25.5 Å². The fourth-order valence-electron chi connectivity index (χ4n) is 3.27. The second kappa shape index (κ2) is 8.39. The van der Waals surface area contributed by atoms with E-state index in [1.165, 1.54) is 5.57 Å². The standard InChI is InChI=1S/C21H31N3O2/c1-7-15(3)11-9-10-12-17-13-21(5,6)24-19(22-14-17)18(16(4)23-24)20(25)26-8-2/h7,9-12,17,22H,8,13-14H2,1-6H3/b11-9-,12-10+,15-7-. The Morgan fingerprint density at radius 1 is 1.42 bits per heavy atom. The van der Waals surface area contributed by atoms with Crippen molar-refractivity contribution in [3.63, 3.8) is 0 Å². The highest BCUT2D eigenvalue weighted by Gasteiger charge is 2.34. The molecule has 26 heavy (non-hydrogen) atoms. The molecule has 0 aliphatic carbocycles. The molecule has 1 aromatic heterocycles. The van der Waals surface area contributed by atoms with E-state index in [4.69, 9.17) is 4.74 Å². The number of ether oxygens (including phenoxy) is 1. The third-order valence-electron chi connectivity index (χ3n) is 4.72. The van der Waals surface area contributed by atoms with E-state index in [2.05, 4.69) is 61.6 Å². The molecule has 1 unspecified atom stereocenters. The van der Waals surface area contributed by atoms with Crippen molar-refractivity contribution in [2.24, 2.45) is 5.92 Å². The molecule has 1 atom stereocenters. The van der Waals surface area contributed by atoms with Gasteiger partial charge in [0.2, 0.25) is 0 Å². The Kier molecular flexibility index (Phi) is 6.46. The van der Waals surface area contributed by atoms with E-state index < -0.39 is 0 Å². The second-order valence-corrected chi connectivity index (χ2v) is 7.38. The van der Waals surface area contributed by atoms with Crippen LogP contribution in [-0.4, -0.2) is 28.9 Å². The summed E-state index contributed by atoms with van der Waals surface area (Å²) in [5, 5.41) is 8.07. The predicted octanol–water partition coefficient (Wildman–Crippen LogP) is 4.61. The van der Waals surface area contributed by atoms with Crippen LogP contribution in [0.2, 0.25) is 0 Å². The van der Waals surface area contributed by atoms with Crippen molar-refractivity contribution >= 4 is 11.8 Å². The van der Waals surface area contributed by atoms with Crippen LogP contribution >= 0.6 is 0 Å². The SMILES string of the molecule is C\C=C(C)/C=C\C=C\C1CNc2c(C(=O)OCC)c(C)nn2C(C)(C)C1. The highest BCUT2D eigenvalue weighted by atomic mass is 16.5. The molecule has 0 aromatic carbocycles. The van der Waals surface area contributed by atoms with E-state index in [-0.39, 0.29) is 11.5 Å². The van der Waals surface area contributed by atoms with Gasteiger partial charge in [-0.05, 0) is 53.9 Å². The lowest BCUT2D eigenvalue weighted by Gasteiger charge is -2.26. The van der Waals surface area contributed by atoms with E-state index >= 15 is 0 Å². The van der Waals surface area contributed by atoms with Crippen LogP contribution in [0.5, 0.6) is 0 Å². The molecule has 0 spiro atoms. The van der Waals surface area contributed by atoms with Crippen molar-refractivity contribution in [1.29, 1.82) is 0 Å². The van der Waals surface area contributed by atoms with Gasteiger partial charge in [0.15, 0.2) is 0 Å². The van der Waals surface area contributed by atoms with Crippen molar-refractivity contribution in [3.05, 3.63) is 47.2 Å². The fraction of sp³-hybridized carbons (Fsp3) is 0.524. The van der Waals surface area contributed by atoms with Crippen LogP contribution in [0.25, 0.3) is 0 Å². The van der Waals surface area contributed by atoms with Crippen LogP contribution in [0, 0.1) is 12.8 Å². The molecule has 5 heteroatoms. The first-order valence-corrected chi connectivity index (χ1v) is 9.29. The van der Waals surface area contributed by atoms with E-state index in [0.29, 0.717) is 23.8 Å². The smallest absolute Gasteiger partial charge is 0.343 e. The molecule has 142 valence electrons. The summed E-state index contributed by atoms with van der Waals surface area (Å²) in [6.45, 7) is 13.2. The Bertz CT molecular complexity index is 739. The van der Waals surface area contributed by atoms with E-state index in [0.717, 1.165) is 18.8 Å². The molecule has 0 radical (unpaired) electrons. The molecule has 0 fully saturated rings. The maximum atomic E-state index is 12.4. The number of fused-ring (bicyclic) bond motifs is 1. The first kappa shape index (κ1) is 20.0. The molecule has 1 N–H and O–H groups in total. The monoisotopic (exact) mass is 357 g/mol. The first-order valence-electron chi connectivity index (χ1n) is 9.29. The Morgan fingerprint density at radius 3 is 2.81 bits per heavy atom. The number of allylic oxidation sites excluding steroid dienone is 5. The minimum Gasteiger partial charge on any atom is -0.462 e. The molecule has 2 heterocycles. The Hall–Kier alpha value is -2.30. The highest BCUT2D eigenvalue weighted by molar-refractivity contribution is 5.96. The minimum atomic E-state index is -0.312. The number of carbonyl (C=O) groups excluding carboxylic acids is 1. The molecule has 1 aromatic rings. The molecule has 0 bridgehead atoms. The van der Waals surface area contributed by atoms with Gasteiger partial charge in [-0.15, -0.1) is 0 Å². The molecule has 0 saturated carbocycles. The number of hydrogen-bond acceptors (Lipinski definition) is 4. The quantitative estimate of drug-likeness (QED) is 0.617. The van der Waals surface area contributed by atoms with Gasteiger partial charge in [-0.2, -0.15) is 5.10 Å². The number of aromatic nitrogens is 2. The van der Waals surface area contributed by atoms with Gasteiger partial charge >= 0.3 is 5.97 Å². The second-order valence-electron chi connectivity index (χ2n) is 7.38. The van der Waals surface area contributed by atoms with Gasteiger partial charge in [-0.1, -0.05) is 36.0 Å². The molecule has 0 saturated heterocycles. The van der Waals surface area contributed by atoms with Crippen LogP contribution in [-0.2, 0) is 10.3 Å². The Labute approximate surface area is 156 Å². The number of rotatable bonds is 5. The van der Waals surface area contributed by atoms with Gasteiger partial charge in [0.1, 0.15) is 11.4 Å². The van der Waals surface area contributed by atoms with Gasteiger partial charge in [0.05, 0.1) is 17.8 Å². The Balaban J connectivity index is 2.25. The van der Waals surface area contributed by atoms with Gasteiger partial charge in [0.25, 0.3) is 0 Å². The van der Waals surface area contributed by atoms with Crippen LogP contribution in [0.4, 0.5) is 5.82 Å². The molecular weight excluding hydrogens is 326 g/mol. The summed E-state index contributed by atoms with van der Waals surface area (Å²) >= 11 is 0. The fourth-order valence-corrected chi connectivity index (χ4v) is 3.27. The number of carbonyl (C=O) groups is 1. The average molecular weight is 357 g/mol. The zero-order valence-corrected chi connectivity index (χ0v) is 16.8. The summed E-state index contributed by atoms with van der Waals surface area (Å²) in [6.07, 6.45) is 11.5. The summed E-state index contributed by atoms with van der Waals surface area (Å²) in [5.41, 5.74) is 2.29. The molecule has 1 aliphatic rings. The molecular formula is C21H31N3O2. The van der Waals surface area contributed by atoms with Crippen LogP contribution in [0.3, 0.4) is 0 Å². The number of nitrogens with zero attached hydrogens (tertiary/aromatic N) is 2. The van der Waals surface area contributed by atoms with Crippen molar-refractivity contribution in [3.8, 4) is 0 Å². The largest absolute Gasteiger partial charge is 0.462 e. The first-order chi connectivity index (χ1) is 12.3. The summed E-state index contributed by atoms with van der Waals surface area (Å²) in [4.78, 5) is 12.4. The molecule has 1 aliphatic heterocycles. The van der Waals surface area contributed by atoms with Gasteiger partial charge in [-0.25, -0.2) is 9.48 Å². The van der Waals surface area contributed by atoms with Gasteiger partial charge < -0.3 is 10.1 Å². The van der Waals surface area contributed by atoms with Crippen molar-refractivity contribution in [2.75, 3.05) is 18.5 Å². The van der Waals surface area contributed by atoms with Crippen LogP contribution < -0.4 is 5.32 Å². The van der Waals surface area contributed by atoms with Gasteiger partial charge in [-0.3, -0.25) is 0 Å².